The zero-order valence-corrected chi connectivity index (χ0v) is 11.9. The van der Waals surface area contributed by atoms with E-state index in [0.717, 1.165) is 12.6 Å². The summed E-state index contributed by atoms with van der Waals surface area (Å²) in [4.78, 5) is 4.03. The Labute approximate surface area is 116 Å². The highest BCUT2D eigenvalue weighted by Crippen LogP contribution is 2.36. The SMILES string of the molecule is NCC(c1ccsc1)N(Cc1cccs1)C1CC1. The molecule has 2 aromatic heterocycles. The second-order valence-corrected chi connectivity index (χ2v) is 6.60. The van der Waals surface area contributed by atoms with E-state index in [4.69, 9.17) is 5.73 Å². The van der Waals surface area contributed by atoms with Crippen LogP contribution in [0.25, 0.3) is 0 Å². The molecule has 1 saturated carbocycles. The quantitative estimate of drug-likeness (QED) is 0.876. The summed E-state index contributed by atoms with van der Waals surface area (Å²) in [5.74, 6) is 0. The summed E-state index contributed by atoms with van der Waals surface area (Å²) < 4.78 is 0. The van der Waals surface area contributed by atoms with Crippen LogP contribution in [0.2, 0.25) is 0 Å². The average molecular weight is 278 g/mol. The molecule has 2 aromatic rings. The number of hydrogen-bond acceptors (Lipinski definition) is 4. The Kier molecular flexibility index (Phi) is 3.80. The van der Waals surface area contributed by atoms with Crippen LogP contribution in [0.4, 0.5) is 0 Å². The fourth-order valence-corrected chi connectivity index (χ4v) is 3.83. The fraction of sp³-hybridized carbons (Fsp3) is 0.429. The van der Waals surface area contributed by atoms with Gasteiger partial charge in [0, 0.05) is 30.1 Å². The summed E-state index contributed by atoms with van der Waals surface area (Å²) in [6.07, 6.45) is 2.65. The molecule has 2 N–H and O–H groups in total. The lowest BCUT2D eigenvalue weighted by Crippen LogP contribution is -2.34. The molecule has 0 amide bonds. The molecule has 0 aliphatic heterocycles. The molecule has 1 fully saturated rings. The molecule has 0 radical (unpaired) electrons. The van der Waals surface area contributed by atoms with Gasteiger partial charge in [0.05, 0.1) is 0 Å². The van der Waals surface area contributed by atoms with Gasteiger partial charge >= 0.3 is 0 Å². The van der Waals surface area contributed by atoms with Crippen LogP contribution in [0.1, 0.15) is 29.3 Å². The molecule has 0 saturated heterocycles. The first-order valence-corrected chi connectivity index (χ1v) is 8.21. The van der Waals surface area contributed by atoms with Crippen LogP contribution in [0.15, 0.2) is 34.3 Å². The van der Waals surface area contributed by atoms with Crippen molar-refractivity contribution in [2.75, 3.05) is 6.54 Å². The van der Waals surface area contributed by atoms with Crippen molar-refractivity contribution in [3.05, 3.63) is 44.8 Å². The van der Waals surface area contributed by atoms with E-state index in [-0.39, 0.29) is 0 Å². The summed E-state index contributed by atoms with van der Waals surface area (Å²) in [6.45, 7) is 1.75. The maximum atomic E-state index is 6.03. The molecule has 0 aromatic carbocycles. The Morgan fingerprint density at radius 3 is 2.78 bits per heavy atom. The zero-order chi connectivity index (χ0) is 12.4. The van der Waals surface area contributed by atoms with Gasteiger partial charge in [-0.2, -0.15) is 11.3 Å². The zero-order valence-electron chi connectivity index (χ0n) is 10.3. The maximum Gasteiger partial charge on any atom is 0.0485 e. The van der Waals surface area contributed by atoms with Crippen molar-refractivity contribution in [1.82, 2.24) is 4.90 Å². The van der Waals surface area contributed by atoms with Gasteiger partial charge in [0.25, 0.3) is 0 Å². The highest BCUT2D eigenvalue weighted by molar-refractivity contribution is 7.09. The summed E-state index contributed by atoms with van der Waals surface area (Å²) in [7, 11) is 0. The highest BCUT2D eigenvalue weighted by Gasteiger charge is 2.34. The van der Waals surface area contributed by atoms with E-state index in [1.165, 1.54) is 23.3 Å². The number of nitrogens with two attached hydrogens (primary N) is 1. The predicted octanol–water partition coefficient (Wildman–Crippen LogP) is 3.47. The van der Waals surface area contributed by atoms with E-state index < -0.39 is 0 Å². The molecule has 0 bridgehead atoms. The van der Waals surface area contributed by atoms with Gasteiger partial charge in [-0.05, 0) is 46.7 Å². The van der Waals surface area contributed by atoms with Gasteiger partial charge in [0.2, 0.25) is 0 Å². The first kappa shape index (κ1) is 12.4. The summed E-state index contributed by atoms with van der Waals surface area (Å²) in [6, 6.07) is 7.69. The molecule has 18 heavy (non-hydrogen) atoms. The molecular formula is C14H18N2S2. The Bertz CT molecular complexity index is 460. The second kappa shape index (κ2) is 5.53. The smallest absolute Gasteiger partial charge is 0.0485 e. The van der Waals surface area contributed by atoms with Crippen molar-refractivity contribution in [3.8, 4) is 0 Å². The molecule has 1 aliphatic rings. The van der Waals surface area contributed by atoms with Gasteiger partial charge in [0.1, 0.15) is 0 Å². The molecule has 0 spiro atoms. The molecule has 1 aliphatic carbocycles. The van der Waals surface area contributed by atoms with E-state index in [0.29, 0.717) is 12.6 Å². The van der Waals surface area contributed by atoms with Gasteiger partial charge < -0.3 is 5.73 Å². The third-order valence-corrected chi connectivity index (χ3v) is 5.05. The largest absolute Gasteiger partial charge is 0.329 e. The second-order valence-electron chi connectivity index (χ2n) is 4.79. The van der Waals surface area contributed by atoms with Crippen molar-refractivity contribution >= 4 is 22.7 Å². The van der Waals surface area contributed by atoms with E-state index in [9.17, 15) is 0 Å². The summed E-state index contributed by atoms with van der Waals surface area (Å²) in [5.41, 5.74) is 7.41. The minimum atomic E-state index is 0.380. The molecule has 1 unspecified atom stereocenters. The lowest BCUT2D eigenvalue weighted by Gasteiger charge is -2.30. The predicted molar refractivity (Wildman–Crippen MR) is 79.0 cm³/mol. The number of thiophene rings is 2. The van der Waals surface area contributed by atoms with Crippen molar-refractivity contribution in [1.29, 1.82) is 0 Å². The van der Waals surface area contributed by atoms with Crippen LogP contribution >= 0.6 is 22.7 Å². The Hall–Kier alpha value is -0.680. The van der Waals surface area contributed by atoms with Crippen molar-refractivity contribution in [2.45, 2.75) is 31.5 Å². The normalized spacial score (nSPS) is 17.2. The third-order valence-electron chi connectivity index (χ3n) is 3.49. The van der Waals surface area contributed by atoms with E-state index in [1.807, 2.05) is 11.3 Å². The standard InChI is InChI=1S/C14H18N2S2/c15-8-14(11-5-7-17-10-11)16(12-3-4-12)9-13-2-1-6-18-13/h1-2,5-7,10,12,14H,3-4,8-9,15H2. The molecular weight excluding hydrogens is 260 g/mol. The fourth-order valence-electron chi connectivity index (χ4n) is 2.41. The van der Waals surface area contributed by atoms with E-state index in [2.05, 4.69) is 39.2 Å². The first-order chi connectivity index (χ1) is 8.88. The van der Waals surface area contributed by atoms with Crippen molar-refractivity contribution in [2.24, 2.45) is 5.73 Å². The molecule has 96 valence electrons. The van der Waals surface area contributed by atoms with Crippen LogP contribution < -0.4 is 5.73 Å². The topological polar surface area (TPSA) is 29.3 Å². The highest BCUT2D eigenvalue weighted by atomic mass is 32.1. The molecule has 2 nitrogen and oxygen atoms in total. The van der Waals surface area contributed by atoms with Crippen LogP contribution in [0.5, 0.6) is 0 Å². The number of rotatable bonds is 6. The Morgan fingerprint density at radius 2 is 2.22 bits per heavy atom. The van der Waals surface area contributed by atoms with Gasteiger partial charge in [0.15, 0.2) is 0 Å². The van der Waals surface area contributed by atoms with Crippen molar-refractivity contribution < 1.29 is 0 Å². The third kappa shape index (κ3) is 2.67. The molecule has 1 atom stereocenters. The Balaban J connectivity index is 1.79. The first-order valence-electron chi connectivity index (χ1n) is 6.39. The molecule has 2 heterocycles. The van der Waals surface area contributed by atoms with Crippen molar-refractivity contribution in [3.63, 3.8) is 0 Å². The Morgan fingerprint density at radius 1 is 1.33 bits per heavy atom. The van der Waals surface area contributed by atoms with Gasteiger partial charge in [-0.15, -0.1) is 11.3 Å². The summed E-state index contributed by atoms with van der Waals surface area (Å²) >= 11 is 3.60. The lowest BCUT2D eigenvalue weighted by molar-refractivity contribution is 0.184. The summed E-state index contributed by atoms with van der Waals surface area (Å²) in [5, 5.41) is 6.54. The average Bonchev–Trinajstić information content (AvgIpc) is 2.89. The van der Waals surface area contributed by atoms with Crippen LogP contribution in [0, 0.1) is 0 Å². The van der Waals surface area contributed by atoms with Crippen LogP contribution in [-0.2, 0) is 6.54 Å². The number of hydrogen-bond donors (Lipinski definition) is 1. The minimum absolute atomic E-state index is 0.380. The monoisotopic (exact) mass is 278 g/mol. The van der Waals surface area contributed by atoms with Gasteiger partial charge in [-0.1, -0.05) is 6.07 Å². The lowest BCUT2D eigenvalue weighted by atomic mass is 10.1. The van der Waals surface area contributed by atoms with Crippen LogP contribution in [-0.4, -0.2) is 17.5 Å². The minimum Gasteiger partial charge on any atom is -0.329 e. The van der Waals surface area contributed by atoms with E-state index >= 15 is 0 Å². The van der Waals surface area contributed by atoms with E-state index in [1.54, 1.807) is 11.3 Å². The molecule has 3 rings (SSSR count). The maximum absolute atomic E-state index is 6.03. The van der Waals surface area contributed by atoms with Gasteiger partial charge in [-0.25, -0.2) is 0 Å². The van der Waals surface area contributed by atoms with Crippen LogP contribution in [0.3, 0.4) is 0 Å². The number of nitrogens with zero attached hydrogens (tertiary/aromatic N) is 1. The van der Waals surface area contributed by atoms with Gasteiger partial charge in [-0.3, -0.25) is 4.90 Å². The molecule has 4 heteroatoms.